The molecule has 2 amide bonds. The molecule has 0 aliphatic carbocycles. The van der Waals surface area contributed by atoms with Crippen LogP contribution in [0.25, 0.3) is 0 Å². The van der Waals surface area contributed by atoms with Crippen molar-refractivity contribution in [3.8, 4) is 0 Å². The lowest BCUT2D eigenvalue weighted by molar-refractivity contribution is -0.139. The molecule has 0 saturated carbocycles. The zero-order valence-corrected chi connectivity index (χ0v) is 22.4. The third-order valence-electron chi connectivity index (χ3n) is 6.09. The number of carbonyl (C=O) groups is 2. The number of sulfonamides is 1. The molecule has 7 nitrogen and oxygen atoms in total. The molecule has 0 aliphatic heterocycles. The molecule has 0 unspecified atom stereocenters. The van der Waals surface area contributed by atoms with Gasteiger partial charge in [0.15, 0.2) is 0 Å². The maximum Gasteiger partial charge on any atom is 0.264 e. The summed E-state index contributed by atoms with van der Waals surface area (Å²) in [7, 11) is -4.05. The van der Waals surface area contributed by atoms with Crippen molar-refractivity contribution in [3.63, 3.8) is 0 Å². The summed E-state index contributed by atoms with van der Waals surface area (Å²) in [6.45, 7) is 5.82. The van der Waals surface area contributed by atoms with Gasteiger partial charge in [0.05, 0.1) is 10.6 Å². The van der Waals surface area contributed by atoms with Gasteiger partial charge in [-0.05, 0) is 55.7 Å². The van der Waals surface area contributed by atoms with Gasteiger partial charge in [0, 0.05) is 13.1 Å². The summed E-state index contributed by atoms with van der Waals surface area (Å²) in [4.78, 5) is 28.3. The smallest absolute Gasteiger partial charge is 0.264 e. The average molecular weight is 522 g/mol. The Balaban J connectivity index is 1.97. The summed E-state index contributed by atoms with van der Waals surface area (Å²) >= 11 is 0. The fourth-order valence-electron chi connectivity index (χ4n) is 3.93. The maximum atomic E-state index is 13.8. The van der Waals surface area contributed by atoms with E-state index >= 15 is 0 Å². The van der Waals surface area contributed by atoms with E-state index in [2.05, 4.69) is 5.32 Å². The fraction of sp³-hybridized carbons (Fsp3) is 0.310. The van der Waals surface area contributed by atoms with Crippen molar-refractivity contribution >= 4 is 27.5 Å². The third kappa shape index (κ3) is 7.43. The second kappa shape index (κ2) is 13.1. The molecule has 0 aromatic heterocycles. The topological polar surface area (TPSA) is 86.8 Å². The minimum absolute atomic E-state index is 0.0873. The second-order valence-corrected chi connectivity index (χ2v) is 10.9. The van der Waals surface area contributed by atoms with Crippen LogP contribution in [0.5, 0.6) is 0 Å². The quantitative estimate of drug-likeness (QED) is 0.355. The van der Waals surface area contributed by atoms with Gasteiger partial charge in [-0.2, -0.15) is 0 Å². The summed E-state index contributed by atoms with van der Waals surface area (Å²) in [6, 6.07) is 23.6. The molecule has 0 heterocycles. The van der Waals surface area contributed by atoms with Crippen LogP contribution in [0, 0.1) is 6.92 Å². The summed E-state index contributed by atoms with van der Waals surface area (Å²) in [5.41, 5.74) is 2.09. The Labute approximate surface area is 220 Å². The van der Waals surface area contributed by atoms with Gasteiger partial charge in [-0.3, -0.25) is 13.9 Å². The number of carbonyl (C=O) groups excluding carboxylic acids is 2. The molecule has 0 radical (unpaired) electrons. The van der Waals surface area contributed by atoms with E-state index in [-0.39, 0.29) is 17.3 Å². The molecule has 3 aromatic rings. The van der Waals surface area contributed by atoms with Crippen LogP contribution in [0.4, 0.5) is 5.69 Å². The first-order valence-electron chi connectivity index (χ1n) is 12.5. The van der Waals surface area contributed by atoms with Gasteiger partial charge in [0.25, 0.3) is 10.0 Å². The molecular weight excluding hydrogens is 486 g/mol. The minimum atomic E-state index is -4.05. The molecule has 0 saturated heterocycles. The van der Waals surface area contributed by atoms with Gasteiger partial charge in [-0.1, -0.05) is 74.0 Å². The first-order chi connectivity index (χ1) is 17.7. The summed E-state index contributed by atoms with van der Waals surface area (Å²) in [5, 5.41) is 2.89. The SMILES string of the molecule is CCCCNC(=O)[C@@H](C)N(Cc1ccccc1)C(=O)CN(c1cccc(C)c1)S(=O)(=O)c1ccccc1. The van der Waals surface area contributed by atoms with E-state index in [4.69, 9.17) is 0 Å². The van der Waals surface area contributed by atoms with Crippen LogP contribution < -0.4 is 9.62 Å². The Morgan fingerprint density at radius 1 is 0.919 bits per heavy atom. The monoisotopic (exact) mass is 521 g/mol. The van der Waals surface area contributed by atoms with Gasteiger partial charge in [0.2, 0.25) is 11.8 Å². The van der Waals surface area contributed by atoms with E-state index in [0.29, 0.717) is 12.2 Å². The summed E-state index contributed by atoms with van der Waals surface area (Å²) in [6.07, 6.45) is 1.77. The molecule has 0 spiro atoms. The van der Waals surface area contributed by atoms with Crippen molar-refractivity contribution in [2.24, 2.45) is 0 Å². The highest BCUT2D eigenvalue weighted by Crippen LogP contribution is 2.25. The zero-order chi connectivity index (χ0) is 26.8. The van der Waals surface area contributed by atoms with Crippen LogP contribution in [0.3, 0.4) is 0 Å². The predicted molar refractivity (Wildman–Crippen MR) is 147 cm³/mol. The van der Waals surface area contributed by atoms with Gasteiger partial charge >= 0.3 is 0 Å². The molecule has 0 aliphatic rings. The Morgan fingerprint density at radius 3 is 2.19 bits per heavy atom. The first kappa shape index (κ1) is 27.9. The van der Waals surface area contributed by atoms with Crippen molar-refractivity contribution in [3.05, 3.63) is 96.1 Å². The van der Waals surface area contributed by atoms with Gasteiger partial charge < -0.3 is 10.2 Å². The van der Waals surface area contributed by atoms with Crippen LogP contribution in [0.1, 0.15) is 37.8 Å². The zero-order valence-electron chi connectivity index (χ0n) is 21.6. The molecule has 1 atom stereocenters. The van der Waals surface area contributed by atoms with Crippen LogP contribution in [-0.4, -0.2) is 44.3 Å². The predicted octanol–water partition coefficient (Wildman–Crippen LogP) is 4.52. The Bertz CT molecular complexity index is 1280. The molecule has 0 bridgehead atoms. The summed E-state index contributed by atoms with van der Waals surface area (Å²) < 4.78 is 28.6. The molecule has 8 heteroatoms. The lowest BCUT2D eigenvalue weighted by atomic mass is 10.1. The number of amides is 2. The van der Waals surface area contributed by atoms with Crippen molar-refractivity contribution in [1.29, 1.82) is 0 Å². The number of hydrogen-bond donors (Lipinski definition) is 1. The van der Waals surface area contributed by atoms with Crippen LogP contribution in [0.15, 0.2) is 89.8 Å². The molecule has 3 rings (SSSR count). The lowest BCUT2D eigenvalue weighted by Gasteiger charge is -2.32. The third-order valence-corrected chi connectivity index (χ3v) is 7.88. The number of nitrogens with one attached hydrogen (secondary N) is 1. The number of hydrogen-bond acceptors (Lipinski definition) is 4. The van der Waals surface area contributed by atoms with Gasteiger partial charge in [-0.25, -0.2) is 8.42 Å². The van der Waals surface area contributed by atoms with Gasteiger partial charge in [-0.15, -0.1) is 0 Å². The molecular formula is C29H35N3O4S. The van der Waals surface area contributed by atoms with E-state index in [0.717, 1.165) is 28.3 Å². The van der Waals surface area contributed by atoms with Crippen LogP contribution >= 0.6 is 0 Å². The Hall–Kier alpha value is -3.65. The molecule has 196 valence electrons. The molecule has 3 aromatic carbocycles. The number of benzene rings is 3. The molecule has 1 N–H and O–H groups in total. The van der Waals surface area contributed by atoms with Crippen molar-refractivity contribution in [2.45, 2.75) is 51.1 Å². The highest BCUT2D eigenvalue weighted by molar-refractivity contribution is 7.92. The summed E-state index contributed by atoms with van der Waals surface area (Å²) in [5.74, 6) is -0.742. The Morgan fingerprint density at radius 2 is 1.57 bits per heavy atom. The number of aryl methyl sites for hydroxylation is 1. The van der Waals surface area contributed by atoms with Crippen molar-refractivity contribution in [1.82, 2.24) is 10.2 Å². The normalized spacial score (nSPS) is 12.0. The van der Waals surface area contributed by atoms with Crippen molar-refractivity contribution in [2.75, 3.05) is 17.4 Å². The average Bonchev–Trinajstić information content (AvgIpc) is 2.91. The lowest BCUT2D eigenvalue weighted by Crippen LogP contribution is -2.51. The van der Waals surface area contributed by atoms with E-state index in [1.807, 2.05) is 50.2 Å². The number of rotatable bonds is 12. The highest BCUT2D eigenvalue weighted by Gasteiger charge is 2.32. The number of nitrogens with zero attached hydrogens (tertiary/aromatic N) is 2. The van der Waals surface area contributed by atoms with E-state index in [1.165, 1.54) is 17.0 Å². The second-order valence-electron chi connectivity index (χ2n) is 8.99. The standard InChI is InChI=1S/C29H35N3O4S/c1-4-5-19-30-29(34)24(3)31(21-25-14-8-6-9-15-25)28(33)22-32(26-16-12-13-23(2)20-26)37(35,36)27-17-10-7-11-18-27/h6-18,20,24H,4-5,19,21-22H2,1-3H3,(H,30,34)/t24-/m1/s1. The van der Waals surface area contributed by atoms with Crippen LogP contribution in [0.2, 0.25) is 0 Å². The van der Waals surface area contributed by atoms with Gasteiger partial charge in [0.1, 0.15) is 12.6 Å². The fourth-order valence-corrected chi connectivity index (χ4v) is 5.36. The minimum Gasteiger partial charge on any atom is -0.354 e. The van der Waals surface area contributed by atoms with Crippen LogP contribution in [-0.2, 0) is 26.2 Å². The van der Waals surface area contributed by atoms with Crippen molar-refractivity contribution < 1.29 is 18.0 Å². The molecule has 0 fully saturated rings. The molecule has 37 heavy (non-hydrogen) atoms. The largest absolute Gasteiger partial charge is 0.354 e. The van der Waals surface area contributed by atoms with E-state index < -0.39 is 28.5 Å². The Kier molecular flexibility index (Phi) is 9.85. The first-order valence-corrected chi connectivity index (χ1v) is 13.9. The number of unbranched alkanes of at least 4 members (excludes halogenated alkanes) is 1. The highest BCUT2D eigenvalue weighted by atomic mass is 32.2. The maximum absolute atomic E-state index is 13.8. The van der Waals surface area contributed by atoms with E-state index in [1.54, 1.807) is 43.3 Å². The van der Waals surface area contributed by atoms with E-state index in [9.17, 15) is 18.0 Å². The number of anilines is 1.